The summed E-state index contributed by atoms with van der Waals surface area (Å²) >= 11 is 0. The Balaban J connectivity index is 1.49. The van der Waals surface area contributed by atoms with Gasteiger partial charge in [0.1, 0.15) is 17.3 Å². The van der Waals surface area contributed by atoms with E-state index >= 15 is 0 Å². The zero-order valence-electron chi connectivity index (χ0n) is 17.8. The number of para-hydroxylation sites is 1. The summed E-state index contributed by atoms with van der Waals surface area (Å²) in [6.45, 7) is 3.74. The van der Waals surface area contributed by atoms with Gasteiger partial charge in [-0.1, -0.05) is 24.3 Å². The number of anilines is 2. The molecule has 0 aliphatic rings. The van der Waals surface area contributed by atoms with Crippen LogP contribution in [0.2, 0.25) is 0 Å². The van der Waals surface area contributed by atoms with Crippen molar-refractivity contribution in [3.63, 3.8) is 0 Å². The van der Waals surface area contributed by atoms with Gasteiger partial charge in [-0.05, 0) is 68.9 Å². The highest BCUT2D eigenvalue weighted by Crippen LogP contribution is 2.22. The predicted octanol–water partition coefficient (Wildman–Crippen LogP) is 4.08. The smallest absolute Gasteiger partial charge is 0.241 e. The van der Waals surface area contributed by atoms with Crippen LogP contribution in [0.1, 0.15) is 12.5 Å². The van der Waals surface area contributed by atoms with Crippen LogP contribution in [0.15, 0.2) is 72.9 Å². The molecule has 0 bridgehead atoms. The number of hydrogen-bond acceptors (Lipinski definition) is 5. The summed E-state index contributed by atoms with van der Waals surface area (Å²) in [5.41, 5.74) is 1.67. The van der Waals surface area contributed by atoms with Crippen LogP contribution in [-0.2, 0) is 9.59 Å². The fourth-order valence-corrected chi connectivity index (χ4v) is 2.77. The van der Waals surface area contributed by atoms with E-state index in [-0.39, 0.29) is 18.4 Å². The van der Waals surface area contributed by atoms with Crippen LogP contribution in [0.3, 0.4) is 0 Å². The lowest BCUT2D eigenvalue weighted by Gasteiger charge is -2.23. The summed E-state index contributed by atoms with van der Waals surface area (Å²) in [6.07, 6.45) is 1.69. The zero-order chi connectivity index (χ0) is 22.2. The maximum absolute atomic E-state index is 12.6. The van der Waals surface area contributed by atoms with E-state index in [1.165, 1.54) is 0 Å². The number of nitrogens with one attached hydrogen (secondary N) is 2. The Labute approximate surface area is 182 Å². The third kappa shape index (κ3) is 6.65. The highest BCUT2D eigenvalue weighted by atomic mass is 16.5. The molecule has 2 amide bonds. The van der Waals surface area contributed by atoms with E-state index in [0.717, 1.165) is 11.3 Å². The van der Waals surface area contributed by atoms with Gasteiger partial charge in [0.15, 0.2) is 0 Å². The number of aryl methyl sites for hydroxylation is 1. The Morgan fingerprint density at radius 3 is 2.29 bits per heavy atom. The lowest BCUT2D eigenvalue weighted by Crippen LogP contribution is -2.43. The number of rotatable bonds is 8. The first-order valence-corrected chi connectivity index (χ1v) is 9.97. The van der Waals surface area contributed by atoms with Crippen LogP contribution in [0.25, 0.3) is 0 Å². The molecule has 3 aromatic rings. The zero-order valence-corrected chi connectivity index (χ0v) is 17.8. The average molecular weight is 418 g/mol. The van der Waals surface area contributed by atoms with Crippen LogP contribution >= 0.6 is 0 Å². The number of pyridine rings is 1. The summed E-state index contributed by atoms with van der Waals surface area (Å²) in [5.74, 6) is 1.46. The molecule has 3 rings (SSSR count). The summed E-state index contributed by atoms with van der Waals surface area (Å²) in [5, 5.41) is 5.59. The van der Waals surface area contributed by atoms with Gasteiger partial charge < -0.3 is 15.4 Å². The Morgan fingerprint density at radius 1 is 0.968 bits per heavy atom. The molecule has 31 heavy (non-hydrogen) atoms. The molecular weight excluding hydrogens is 392 g/mol. The first-order valence-electron chi connectivity index (χ1n) is 9.97. The normalized spacial score (nSPS) is 11.6. The van der Waals surface area contributed by atoms with E-state index in [9.17, 15) is 9.59 Å². The number of carbonyl (C=O) groups is 2. The van der Waals surface area contributed by atoms with Gasteiger partial charge >= 0.3 is 0 Å². The number of ether oxygens (including phenoxy) is 1. The Bertz CT molecular complexity index is 1010. The molecule has 0 aliphatic carbocycles. The van der Waals surface area contributed by atoms with Crippen LogP contribution in [0, 0.1) is 6.92 Å². The van der Waals surface area contributed by atoms with Gasteiger partial charge in [-0.25, -0.2) is 4.98 Å². The maximum Gasteiger partial charge on any atom is 0.241 e. The molecule has 2 aromatic carbocycles. The highest BCUT2D eigenvalue weighted by molar-refractivity contribution is 5.96. The fraction of sp³-hybridized carbons (Fsp3) is 0.208. The number of likely N-dealkylation sites (N-methyl/N-ethyl adjacent to an activating group) is 1. The summed E-state index contributed by atoms with van der Waals surface area (Å²) < 4.78 is 5.75. The van der Waals surface area contributed by atoms with E-state index in [4.69, 9.17) is 4.74 Å². The quantitative estimate of drug-likeness (QED) is 0.576. The molecule has 0 aliphatic heterocycles. The summed E-state index contributed by atoms with van der Waals surface area (Å²) in [4.78, 5) is 30.6. The van der Waals surface area contributed by atoms with Gasteiger partial charge in [0, 0.05) is 11.9 Å². The first kappa shape index (κ1) is 22.0. The van der Waals surface area contributed by atoms with Crippen molar-refractivity contribution in [3.05, 3.63) is 78.5 Å². The molecule has 2 N–H and O–H groups in total. The van der Waals surface area contributed by atoms with Gasteiger partial charge in [0.25, 0.3) is 0 Å². The first-order chi connectivity index (χ1) is 14.9. The van der Waals surface area contributed by atoms with Gasteiger partial charge in [-0.15, -0.1) is 0 Å². The number of carbonyl (C=O) groups excluding carboxylic acids is 2. The lowest BCUT2D eigenvalue weighted by atomic mass is 10.2. The molecule has 0 spiro atoms. The van der Waals surface area contributed by atoms with Gasteiger partial charge in [-0.3, -0.25) is 14.5 Å². The van der Waals surface area contributed by atoms with Gasteiger partial charge in [0.05, 0.1) is 12.6 Å². The molecule has 0 radical (unpaired) electrons. The number of hydrogen-bond donors (Lipinski definition) is 2. The van der Waals surface area contributed by atoms with Crippen LogP contribution in [-0.4, -0.2) is 41.3 Å². The van der Waals surface area contributed by atoms with Crippen molar-refractivity contribution >= 4 is 23.3 Å². The van der Waals surface area contributed by atoms with Crippen molar-refractivity contribution in [2.45, 2.75) is 19.9 Å². The van der Waals surface area contributed by atoms with Crippen LogP contribution in [0.4, 0.5) is 11.5 Å². The van der Waals surface area contributed by atoms with E-state index in [0.29, 0.717) is 17.3 Å². The third-order valence-corrected chi connectivity index (χ3v) is 4.71. The van der Waals surface area contributed by atoms with Crippen LogP contribution < -0.4 is 15.4 Å². The second kappa shape index (κ2) is 10.4. The second-order valence-electron chi connectivity index (χ2n) is 7.29. The number of aromatic nitrogens is 1. The topological polar surface area (TPSA) is 83.6 Å². The SMILES string of the molecule is Cc1ccc(NC(=O)CN(C)C(C)C(=O)Nc2ccc(Oc3ccccc3)cc2)nc1. The maximum atomic E-state index is 12.6. The monoisotopic (exact) mass is 418 g/mol. The van der Waals surface area contributed by atoms with Gasteiger partial charge in [-0.2, -0.15) is 0 Å². The molecule has 1 unspecified atom stereocenters. The highest BCUT2D eigenvalue weighted by Gasteiger charge is 2.20. The summed E-state index contributed by atoms with van der Waals surface area (Å²) in [7, 11) is 1.73. The van der Waals surface area contributed by atoms with Crippen molar-refractivity contribution in [3.8, 4) is 11.5 Å². The third-order valence-electron chi connectivity index (χ3n) is 4.71. The standard InChI is InChI=1S/C24H26N4O3/c1-17-9-14-22(25-15-17)27-23(29)16-28(3)18(2)24(30)26-19-10-12-21(13-11-19)31-20-7-5-4-6-8-20/h4-15,18H,16H2,1-3H3,(H,26,30)(H,25,27,29). The Morgan fingerprint density at radius 2 is 1.65 bits per heavy atom. The molecule has 7 nitrogen and oxygen atoms in total. The molecule has 1 heterocycles. The summed E-state index contributed by atoms with van der Waals surface area (Å²) in [6, 6.07) is 19.7. The molecule has 7 heteroatoms. The molecule has 0 saturated carbocycles. The van der Waals surface area contributed by atoms with E-state index < -0.39 is 6.04 Å². The lowest BCUT2D eigenvalue weighted by molar-refractivity contribution is -0.122. The van der Waals surface area contributed by atoms with Gasteiger partial charge in [0.2, 0.25) is 11.8 Å². The van der Waals surface area contributed by atoms with Crippen molar-refractivity contribution in [1.82, 2.24) is 9.88 Å². The molecule has 0 saturated heterocycles. The minimum absolute atomic E-state index is 0.0635. The largest absolute Gasteiger partial charge is 0.457 e. The fourth-order valence-electron chi connectivity index (χ4n) is 2.77. The molecule has 0 fully saturated rings. The predicted molar refractivity (Wildman–Crippen MR) is 121 cm³/mol. The van der Waals surface area contributed by atoms with Crippen molar-refractivity contribution < 1.29 is 14.3 Å². The van der Waals surface area contributed by atoms with Crippen molar-refractivity contribution in [1.29, 1.82) is 0 Å². The minimum Gasteiger partial charge on any atom is -0.457 e. The van der Waals surface area contributed by atoms with Crippen molar-refractivity contribution in [2.24, 2.45) is 0 Å². The minimum atomic E-state index is -0.503. The van der Waals surface area contributed by atoms with E-state index in [2.05, 4.69) is 15.6 Å². The van der Waals surface area contributed by atoms with E-state index in [1.807, 2.05) is 43.3 Å². The number of benzene rings is 2. The molecule has 160 valence electrons. The number of amides is 2. The second-order valence-corrected chi connectivity index (χ2v) is 7.29. The molecular formula is C24H26N4O3. The number of nitrogens with zero attached hydrogens (tertiary/aromatic N) is 2. The van der Waals surface area contributed by atoms with E-state index in [1.54, 1.807) is 55.4 Å². The molecule has 1 aromatic heterocycles. The Hall–Kier alpha value is -3.71. The average Bonchev–Trinajstić information content (AvgIpc) is 2.76. The van der Waals surface area contributed by atoms with Crippen LogP contribution in [0.5, 0.6) is 11.5 Å². The Kier molecular flexibility index (Phi) is 7.35. The molecule has 1 atom stereocenters. The van der Waals surface area contributed by atoms with Crippen molar-refractivity contribution in [2.75, 3.05) is 24.2 Å².